The summed E-state index contributed by atoms with van der Waals surface area (Å²) in [6, 6.07) is 9.37. The summed E-state index contributed by atoms with van der Waals surface area (Å²) in [6.07, 6.45) is 0. The molecule has 4 nitrogen and oxygen atoms in total. The van der Waals surface area contributed by atoms with E-state index in [0.29, 0.717) is 4.88 Å². The minimum atomic E-state index is -0.541. The zero-order valence-electron chi connectivity index (χ0n) is 8.12. The first-order valence-electron chi connectivity index (χ1n) is 4.52. The molecule has 0 fully saturated rings. The molecular weight excluding hydrogens is 226 g/mol. The average molecular weight is 233 g/mol. The third kappa shape index (κ3) is 1.85. The predicted octanol–water partition coefficient (Wildman–Crippen LogP) is 2.89. The van der Waals surface area contributed by atoms with Crippen molar-refractivity contribution in [3.8, 4) is 0 Å². The fourth-order valence-electron chi connectivity index (χ4n) is 1.37. The predicted molar refractivity (Wildman–Crippen MR) is 60.8 cm³/mol. The molecule has 0 amide bonds. The van der Waals surface area contributed by atoms with Crippen molar-refractivity contribution in [2.75, 3.05) is 0 Å². The zero-order chi connectivity index (χ0) is 11.5. The molecule has 2 rings (SSSR count). The van der Waals surface area contributed by atoms with Crippen LogP contribution in [0.1, 0.15) is 15.2 Å². The minimum absolute atomic E-state index is 0.134. The Morgan fingerprint density at radius 2 is 1.94 bits per heavy atom. The molecule has 0 aliphatic carbocycles. The zero-order valence-corrected chi connectivity index (χ0v) is 8.94. The molecule has 0 aliphatic heterocycles. The number of nitro benzene ring substituents is 1. The molecule has 0 radical (unpaired) electrons. The first-order chi connectivity index (χ1) is 7.70. The van der Waals surface area contributed by atoms with Crippen LogP contribution in [0.3, 0.4) is 0 Å². The monoisotopic (exact) mass is 233 g/mol. The fourth-order valence-corrected chi connectivity index (χ4v) is 2.04. The van der Waals surface area contributed by atoms with Gasteiger partial charge in [-0.3, -0.25) is 14.9 Å². The van der Waals surface area contributed by atoms with Crippen molar-refractivity contribution in [3.05, 3.63) is 62.3 Å². The number of ketones is 1. The molecule has 2 aromatic rings. The van der Waals surface area contributed by atoms with E-state index in [2.05, 4.69) is 0 Å². The summed E-state index contributed by atoms with van der Waals surface area (Å²) in [5, 5.41) is 12.5. The van der Waals surface area contributed by atoms with Gasteiger partial charge in [-0.2, -0.15) is 0 Å². The standard InChI is InChI=1S/C11H7NO3S/c13-11(10-6-3-7-16-10)8-4-1-2-5-9(8)12(14)15/h1-7H. The SMILES string of the molecule is O=C(c1cccs1)c1ccccc1[N+](=O)[O-]. The Bertz CT molecular complexity index is 534. The van der Waals surface area contributed by atoms with Gasteiger partial charge in [0.2, 0.25) is 5.78 Å². The van der Waals surface area contributed by atoms with Crippen LogP contribution in [0.4, 0.5) is 5.69 Å². The van der Waals surface area contributed by atoms with E-state index in [1.54, 1.807) is 29.6 Å². The number of thiophene rings is 1. The highest BCUT2D eigenvalue weighted by Gasteiger charge is 2.20. The second-order valence-corrected chi connectivity index (χ2v) is 4.03. The summed E-state index contributed by atoms with van der Waals surface area (Å²) in [6.45, 7) is 0. The second-order valence-electron chi connectivity index (χ2n) is 3.08. The molecule has 5 heteroatoms. The normalized spacial score (nSPS) is 10.0. The Labute approximate surface area is 95.3 Å². The van der Waals surface area contributed by atoms with E-state index in [9.17, 15) is 14.9 Å². The van der Waals surface area contributed by atoms with Crippen LogP contribution < -0.4 is 0 Å². The van der Waals surface area contributed by atoms with E-state index in [0.717, 1.165) is 0 Å². The van der Waals surface area contributed by atoms with Crippen molar-refractivity contribution in [2.45, 2.75) is 0 Å². The van der Waals surface area contributed by atoms with Gasteiger partial charge in [0.05, 0.1) is 9.80 Å². The molecule has 0 aliphatic rings. The topological polar surface area (TPSA) is 60.2 Å². The summed E-state index contributed by atoms with van der Waals surface area (Å²) in [5.41, 5.74) is -0.0177. The largest absolute Gasteiger partial charge is 0.287 e. The van der Waals surface area contributed by atoms with E-state index in [-0.39, 0.29) is 17.0 Å². The summed E-state index contributed by atoms with van der Waals surface area (Å²) in [5.74, 6) is -0.303. The number of carbonyl (C=O) groups is 1. The van der Waals surface area contributed by atoms with Crippen molar-refractivity contribution in [1.82, 2.24) is 0 Å². The van der Waals surface area contributed by atoms with Crippen LogP contribution in [0.15, 0.2) is 41.8 Å². The molecule has 1 heterocycles. The van der Waals surface area contributed by atoms with Crippen LogP contribution in [-0.2, 0) is 0 Å². The van der Waals surface area contributed by atoms with Gasteiger partial charge in [-0.15, -0.1) is 11.3 Å². The Morgan fingerprint density at radius 1 is 1.19 bits per heavy atom. The van der Waals surface area contributed by atoms with E-state index < -0.39 is 4.92 Å². The maximum Gasteiger partial charge on any atom is 0.280 e. The summed E-state index contributed by atoms with van der Waals surface area (Å²) >= 11 is 1.27. The lowest BCUT2D eigenvalue weighted by Crippen LogP contribution is -2.03. The van der Waals surface area contributed by atoms with Gasteiger partial charge >= 0.3 is 0 Å². The van der Waals surface area contributed by atoms with E-state index in [4.69, 9.17) is 0 Å². The minimum Gasteiger partial charge on any atom is -0.287 e. The lowest BCUT2D eigenvalue weighted by atomic mass is 10.1. The average Bonchev–Trinajstić information content (AvgIpc) is 2.81. The first kappa shape index (κ1) is 10.5. The lowest BCUT2D eigenvalue weighted by molar-refractivity contribution is -0.385. The highest BCUT2D eigenvalue weighted by molar-refractivity contribution is 7.12. The van der Waals surface area contributed by atoms with Crippen molar-refractivity contribution in [3.63, 3.8) is 0 Å². The van der Waals surface area contributed by atoms with Gasteiger partial charge < -0.3 is 0 Å². The molecular formula is C11H7NO3S. The summed E-state index contributed by atoms with van der Waals surface area (Å²) in [7, 11) is 0. The van der Waals surface area contributed by atoms with Crippen LogP contribution in [0, 0.1) is 10.1 Å². The van der Waals surface area contributed by atoms with E-state index in [1.165, 1.54) is 23.5 Å². The van der Waals surface area contributed by atoms with E-state index >= 15 is 0 Å². The molecule has 0 saturated carbocycles. The van der Waals surface area contributed by atoms with Gasteiger partial charge in [-0.1, -0.05) is 18.2 Å². The van der Waals surface area contributed by atoms with Gasteiger partial charge in [-0.25, -0.2) is 0 Å². The second kappa shape index (κ2) is 4.24. The van der Waals surface area contributed by atoms with Crippen LogP contribution in [0.2, 0.25) is 0 Å². The number of nitrogens with zero attached hydrogens (tertiary/aromatic N) is 1. The molecule has 0 saturated heterocycles. The molecule has 0 N–H and O–H groups in total. The van der Waals surface area contributed by atoms with Gasteiger partial charge in [0.25, 0.3) is 5.69 Å². The van der Waals surface area contributed by atoms with Gasteiger partial charge in [0.15, 0.2) is 0 Å². The number of rotatable bonds is 3. The van der Waals surface area contributed by atoms with Crippen molar-refractivity contribution in [1.29, 1.82) is 0 Å². The fraction of sp³-hybridized carbons (Fsp3) is 0. The van der Waals surface area contributed by atoms with Crippen LogP contribution >= 0.6 is 11.3 Å². The summed E-state index contributed by atoms with van der Waals surface area (Å²) < 4.78 is 0. The quantitative estimate of drug-likeness (QED) is 0.465. The highest BCUT2D eigenvalue weighted by Crippen LogP contribution is 2.23. The first-order valence-corrected chi connectivity index (χ1v) is 5.40. The number of hydrogen-bond donors (Lipinski definition) is 0. The van der Waals surface area contributed by atoms with Crippen LogP contribution in [0.25, 0.3) is 0 Å². The van der Waals surface area contributed by atoms with Crippen LogP contribution in [0.5, 0.6) is 0 Å². The molecule has 1 aromatic carbocycles. The Balaban J connectivity index is 2.49. The van der Waals surface area contributed by atoms with Crippen LogP contribution in [-0.4, -0.2) is 10.7 Å². The number of benzene rings is 1. The Kier molecular flexibility index (Phi) is 2.78. The smallest absolute Gasteiger partial charge is 0.280 e. The van der Waals surface area contributed by atoms with Gasteiger partial charge in [0.1, 0.15) is 5.56 Å². The maximum atomic E-state index is 11.9. The molecule has 0 bridgehead atoms. The molecule has 0 atom stereocenters. The molecule has 1 aromatic heterocycles. The van der Waals surface area contributed by atoms with Crippen molar-refractivity contribution >= 4 is 22.8 Å². The highest BCUT2D eigenvalue weighted by atomic mass is 32.1. The van der Waals surface area contributed by atoms with E-state index in [1.807, 2.05) is 0 Å². The number of para-hydroxylation sites is 1. The van der Waals surface area contributed by atoms with Crippen molar-refractivity contribution < 1.29 is 9.72 Å². The number of nitro groups is 1. The summed E-state index contributed by atoms with van der Waals surface area (Å²) in [4.78, 5) is 22.7. The maximum absolute atomic E-state index is 11.9. The third-order valence-electron chi connectivity index (χ3n) is 2.09. The van der Waals surface area contributed by atoms with Gasteiger partial charge in [0, 0.05) is 6.07 Å². The number of hydrogen-bond acceptors (Lipinski definition) is 4. The molecule has 80 valence electrons. The Hall–Kier alpha value is -2.01. The lowest BCUT2D eigenvalue weighted by Gasteiger charge is -1.99. The van der Waals surface area contributed by atoms with Crippen molar-refractivity contribution in [2.24, 2.45) is 0 Å². The molecule has 0 spiro atoms. The Morgan fingerprint density at radius 3 is 2.56 bits per heavy atom. The molecule has 0 unspecified atom stereocenters. The van der Waals surface area contributed by atoms with Gasteiger partial charge in [-0.05, 0) is 17.5 Å². The molecule has 16 heavy (non-hydrogen) atoms. The number of carbonyl (C=O) groups excluding carboxylic acids is 1. The third-order valence-corrected chi connectivity index (χ3v) is 2.96.